The van der Waals surface area contributed by atoms with E-state index >= 15 is 0 Å². The Kier molecular flexibility index (Phi) is 5.73. The first-order valence-electron chi connectivity index (χ1n) is 4.18. The minimum absolute atomic E-state index is 0.850. The Morgan fingerprint density at radius 3 is 2.50 bits per heavy atom. The fraction of sp³-hybridized carbons (Fsp3) is 0.364. The van der Waals surface area contributed by atoms with Crippen molar-refractivity contribution < 1.29 is 0 Å². The molecule has 0 N–H and O–H groups in total. The number of nitrogens with zero attached hydrogens (tertiary/aromatic N) is 1. The molecule has 0 atom stereocenters. The largest absolute Gasteiger partial charge is 0.248 e. The maximum atomic E-state index is 4.06. The molecule has 1 rings (SSSR count). The molecule has 1 heteroatoms. The van der Waals surface area contributed by atoms with Crippen LogP contribution >= 0.6 is 0 Å². The first kappa shape index (κ1) is 10.7. The molecule has 64 valence electrons. The van der Waals surface area contributed by atoms with Crippen LogP contribution in [-0.2, 0) is 0 Å². The third-order valence-electron chi connectivity index (χ3n) is 1.17. The molecule has 1 heterocycles. The lowest BCUT2D eigenvalue weighted by atomic mass is 10.2. The van der Waals surface area contributed by atoms with Gasteiger partial charge in [-0.15, -0.1) is 0 Å². The molecule has 1 aromatic rings. The number of aromatic nitrogens is 1. The number of hydrogen-bond donors (Lipinski definition) is 0. The number of rotatable bonds is 0. The molecule has 0 aromatic carbocycles. The molecule has 0 radical (unpaired) electrons. The van der Waals surface area contributed by atoms with E-state index in [4.69, 9.17) is 0 Å². The fourth-order valence-corrected chi connectivity index (χ4v) is 0.733. The lowest BCUT2D eigenvalue weighted by Crippen LogP contribution is -1.81. The zero-order valence-corrected chi connectivity index (χ0v) is 8.18. The van der Waals surface area contributed by atoms with Crippen LogP contribution in [-0.4, -0.2) is 4.98 Å². The molecule has 0 fully saturated rings. The predicted octanol–water partition coefficient (Wildman–Crippen LogP) is 2.79. The highest BCUT2D eigenvalue weighted by Gasteiger charge is 1.85. The van der Waals surface area contributed by atoms with Crippen LogP contribution in [0.3, 0.4) is 0 Å². The Morgan fingerprint density at radius 2 is 2.00 bits per heavy atom. The van der Waals surface area contributed by atoms with E-state index in [9.17, 15) is 0 Å². The second-order valence-corrected chi connectivity index (χ2v) is 2.09. The van der Waals surface area contributed by atoms with Crippen molar-refractivity contribution in [2.75, 3.05) is 0 Å². The average Bonchev–Trinajstić information content (AvgIpc) is 2.09. The second-order valence-electron chi connectivity index (χ2n) is 2.09. The predicted molar refractivity (Wildman–Crippen MR) is 52.9 cm³/mol. The maximum Gasteiger partial charge on any atom is 0.113 e. The van der Waals surface area contributed by atoms with Gasteiger partial charge < -0.3 is 0 Å². The molecule has 0 spiro atoms. The van der Waals surface area contributed by atoms with Gasteiger partial charge in [-0.25, -0.2) is 4.98 Å². The summed E-state index contributed by atoms with van der Waals surface area (Å²) in [5.74, 6) is 5.69. The van der Waals surface area contributed by atoms with Crippen molar-refractivity contribution in [3.8, 4) is 11.8 Å². The molecule has 0 aliphatic heterocycles. The Hall–Kier alpha value is -1.29. The van der Waals surface area contributed by atoms with Crippen LogP contribution in [0.1, 0.15) is 32.0 Å². The van der Waals surface area contributed by atoms with Crippen molar-refractivity contribution in [1.29, 1.82) is 0 Å². The molecule has 1 nitrogen and oxygen atoms in total. The van der Waals surface area contributed by atoms with Crippen LogP contribution in [0.4, 0.5) is 0 Å². The van der Waals surface area contributed by atoms with Gasteiger partial charge in [-0.2, -0.15) is 0 Å². The summed E-state index contributed by atoms with van der Waals surface area (Å²) in [5, 5.41) is 0. The number of hydrogen-bond acceptors (Lipinski definition) is 1. The Morgan fingerprint density at radius 1 is 1.33 bits per heavy atom. The minimum Gasteiger partial charge on any atom is -0.248 e. The van der Waals surface area contributed by atoms with Crippen LogP contribution in [0.15, 0.2) is 18.3 Å². The van der Waals surface area contributed by atoms with Crippen LogP contribution in [0.2, 0.25) is 0 Å². The second kappa shape index (κ2) is 6.42. The van der Waals surface area contributed by atoms with E-state index < -0.39 is 0 Å². The van der Waals surface area contributed by atoms with Crippen molar-refractivity contribution >= 4 is 0 Å². The van der Waals surface area contributed by atoms with Crippen molar-refractivity contribution in [2.45, 2.75) is 27.7 Å². The first-order chi connectivity index (χ1) is 5.83. The molecule has 0 saturated heterocycles. The summed E-state index contributed by atoms with van der Waals surface area (Å²) in [5.41, 5.74) is 2.05. The summed E-state index contributed by atoms with van der Waals surface area (Å²) in [7, 11) is 0. The Bertz CT molecular complexity index is 279. The average molecular weight is 161 g/mol. The zero-order chi connectivity index (χ0) is 9.40. The molecule has 0 aliphatic rings. The summed E-state index contributed by atoms with van der Waals surface area (Å²) >= 11 is 0. The quantitative estimate of drug-likeness (QED) is 0.533. The standard InChI is InChI=1S/C9H9N.C2H6/c1-3-4-9-7-8(2)5-6-10-9;1-2/h5-7H,1-2H3;1-2H3. The van der Waals surface area contributed by atoms with Gasteiger partial charge >= 0.3 is 0 Å². The third kappa shape index (κ3) is 3.78. The van der Waals surface area contributed by atoms with E-state index in [2.05, 4.69) is 16.8 Å². The van der Waals surface area contributed by atoms with Crippen LogP contribution in [0, 0.1) is 18.8 Å². The first-order valence-corrected chi connectivity index (χ1v) is 4.18. The lowest BCUT2D eigenvalue weighted by Gasteiger charge is -1.90. The Balaban J connectivity index is 0.000000561. The Labute approximate surface area is 74.8 Å². The van der Waals surface area contributed by atoms with E-state index in [1.165, 1.54) is 5.56 Å². The maximum absolute atomic E-state index is 4.06. The highest BCUT2D eigenvalue weighted by Crippen LogP contribution is 1.96. The number of pyridine rings is 1. The van der Waals surface area contributed by atoms with E-state index in [1.807, 2.05) is 39.8 Å². The van der Waals surface area contributed by atoms with Crippen molar-refractivity contribution in [1.82, 2.24) is 4.98 Å². The van der Waals surface area contributed by atoms with Gasteiger partial charge in [-0.1, -0.05) is 19.8 Å². The molecule has 0 saturated carbocycles. The van der Waals surface area contributed by atoms with Gasteiger partial charge in [0.2, 0.25) is 0 Å². The SMILES string of the molecule is CC.CC#Cc1cc(C)ccn1. The van der Waals surface area contributed by atoms with E-state index in [-0.39, 0.29) is 0 Å². The van der Waals surface area contributed by atoms with E-state index in [1.54, 1.807) is 6.20 Å². The summed E-state index contributed by atoms with van der Waals surface area (Å²) < 4.78 is 0. The minimum atomic E-state index is 0.850. The van der Waals surface area contributed by atoms with Crippen molar-refractivity contribution in [3.63, 3.8) is 0 Å². The van der Waals surface area contributed by atoms with Crippen LogP contribution in [0.5, 0.6) is 0 Å². The van der Waals surface area contributed by atoms with Gasteiger partial charge in [0.25, 0.3) is 0 Å². The fourth-order valence-electron chi connectivity index (χ4n) is 0.733. The molecule has 0 amide bonds. The van der Waals surface area contributed by atoms with Gasteiger partial charge in [-0.05, 0) is 37.5 Å². The molecule has 12 heavy (non-hydrogen) atoms. The monoisotopic (exact) mass is 161 g/mol. The zero-order valence-electron chi connectivity index (χ0n) is 8.18. The van der Waals surface area contributed by atoms with E-state index in [0.717, 1.165) is 5.69 Å². The van der Waals surface area contributed by atoms with Crippen LogP contribution < -0.4 is 0 Å². The molecule has 0 bridgehead atoms. The van der Waals surface area contributed by atoms with E-state index in [0.29, 0.717) is 0 Å². The van der Waals surface area contributed by atoms with Gasteiger partial charge in [0.15, 0.2) is 0 Å². The molecular weight excluding hydrogens is 146 g/mol. The van der Waals surface area contributed by atoms with Crippen molar-refractivity contribution in [2.24, 2.45) is 0 Å². The smallest absolute Gasteiger partial charge is 0.113 e. The van der Waals surface area contributed by atoms with Gasteiger partial charge in [0.1, 0.15) is 5.69 Å². The van der Waals surface area contributed by atoms with Gasteiger partial charge in [0.05, 0.1) is 0 Å². The highest BCUT2D eigenvalue weighted by molar-refractivity contribution is 5.29. The topological polar surface area (TPSA) is 12.9 Å². The summed E-state index contributed by atoms with van der Waals surface area (Å²) in [6.45, 7) is 7.84. The lowest BCUT2D eigenvalue weighted by molar-refractivity contribution is 1.25. The summed E-state index contributed by atoms with van der Waals surface area (Å²) in [6, 6.07) is 3.93. The molecule has 0 aliphatic carbocycles. The highest BCUT2D eigenvalue weighted by atomic mass is 14.6. The summed E-state index contributed by atoms with van der Waals surface area (Å²) in [6.07, 6.45) is 1.77. The van der Waals surface area contributed by atoms with Crippen molar-refractivity contribution in [3.05, 3.63) is 29.6 Å². The number of aryl methyl sites for hydroxylation is 1. The molecule has 1 aromatic heterocycles. The van der Waals surface area contributed by atoms with Crippen LogP contribution in [0.25, 0.3) is 0 Å². The third-order valence-corrected chi connectivity index (χ3v) is 1.17. The molecular formula is C11H15N. The van der Waals surface area contributed by atoms with Gasteiger partial charge in [0, 0.05) is 6.20 Å². The normalized spacial score (nSPS) is 7.33. The summed E-state index contributed by atoms with van der Waals surface area (Å²) in [4.78, 5) is 4.06. The molecule has 0 unspecified atom stereocenters. The van der Waals surface area contributed by atoms with Gasteiger partial charge in [-0.3, -0.25) is 0 Å².